The van der Waals surface area contributed by atoms with Crippen molar-refractivity contribution in [2.75, 3.05) is 6.54 Å². The van der Waals surface area contributed by atoms with E-state index in [0.717, 1.165) is 6.07 Å². The van der Waals surface area contributed by atoms with Crippen LogP contribution in [0.1, 0.15) is 17.3 Å². The summed E-state index contributed by atoms with van der Waals surface area (Å²) >= 11 is 0. The van der Waals surface area contributed by atoms with E-state index >= 15 is 0 Å². The smallest absolute Gasteiger partial charge is 0.254 e. The Balaban J connectivity index is 0.00000225. The zero-order valence-corrected chi connectivity index (χ0v) is 9.48. The van der Waals surface area contributed by atoms with Gasteiger partial charge >= 0.3 is 0 Å². The lowest BCUT2D eigenvalue weighted by molar-refractivity contribution is 0.0936. The second-order valence-electron chi connectivity index (χ2n) is 3.21. The molecule has 6 heteroatoms. The van der Waals surface area contributed by atoms with Gasteiger partial charge in [-0.25, -0.2) is 8.78 Å². The van der Waals surface area contributed by atoms with Crippen molar-refractivity contribution in [2.45, 2.75) is 13.0 Å². The molecule has 90 valence electrons. The molecule has 0 saturated heterocycles. The third-order valence-electron chi connectivity index (χ3n) is 1.93. The minimum Gasteiger partial charge on any atom is -0.348 e. The molecule has 1 aromatic carbocycles. The molecule has 0 aliphatic rings. The van der Waals surface area contributed by atoms with Crippen LogP contribution >= 0.6 is 12.4 Å². The topological polar surface area (TPSA) is 55.1 Å². The average molecular weight is 251 g/mol. The van der Waals surface area contributed by atoms with Gasteiger partial charge in [-0.2, -0.15) is 0 Å². The van der Waals surface area contributed by atoms with Crippen molar-refractivity contribution in [1.29, 1.82) is 0 Å². The first-order valence-corrected chi connectivity index (χ1v) is 4.51. The quantitative estimate of drug-likeness (QED) is 0.854. The fourth-order valence-corrected chi connectivity index (χ4v) is 1.04. The summed E-state index contributed by atoms with van der Waals surface area (Å²) in [6, 6.07) is 3.18. The van der Waals surface area contributed by atoms with Crippen LogP contribution in [0.2, 0.25) is 0 Å². The van der Waals surface area contributed by atoms with Crippen LogP contribution < -0.4 is 11.1 Å². The Morgan fingerprint density at radius 1 is 1.50 bits per heavy atom. The summed E-state index contributed by atoms with van der Waals surface area (Å²) in [4.78, 5) is 11.4. The molecule has 1 atom stereocenters. The first-order chi connectivity index (χ1) is 7.06. The van der Waals surface area contributed by atoms with Crippen molar-refractivity contribution in [1.82, 2.24) is 5.32 Å². The summed E-state index contributed by atoms with van der Waals surface area (Å²) in [7, 11) is 0. The summed E-state index contributed by atoms with van der Waals surface area (Å²) in [5.41, 5.74) is 4.97. The Bertz CT molecular complexity index is 374. The number of rotatable bonds is 3. The fourth-order valence-electron chi connectivity index (χ4n) is 1.04. The standard InChI is InChI=1S/C10H12F2N2O.ClH/c1-6(5-13)14-10(15)7-3-2-4-8(11)9(7)12;/h2-4,6H,5,13H2,1H3,(H,14,15);1H/t6-;/m0./s1. The molecular weight excluding hydrogens is 238 g/mol. The van der Waals surface area contributed by atoms with Gasteiger partial charge in [-0.05, 0) is 19.1 Å². The number of amides is 1. The maximum atomic E-state index is 13.1. The van der Waals surface area contributed by atoms with Crippen molar-refractivity contribution >= 4 is 18.3 Å². The number of carbonyl (C=O) groups excluding carboxylic acids is 1. The van der Waals surface area contributed by atoms with E-state index in [1.54, 1.807) is 6.92 Å². The number of halogens is 3. The molecule has 0 aromatic heterocycles. The lowest BCUT2D eigenvalue weighted by atomic mass is 10.2. The lowest BCUT2D eigenvalue weighted by Gasteiger charge is -2.11. The van der Waals surface area contributed by atoms with Gasteiger partial charge in [0.25, 0.3) is 5.91 Å². The minimum atomic E-state index is -1.14. The molecule has 1 aromatic rings. The van der Waals surface area contributed by atoms with Crippen LogP contribution in [0.3, 0.4) is 0 Å². The summed E-state index contributed by atoms with van der Waals surface area (Å²) in [6.45, 7) is 1.91. The molecule has 0 heterocycles. The van der Waals surface area contributed by atoms with Gasteiger partial charge in [0.2, 0.25) is 0 Å². The van der Waals surface area contributed by atoms with E-state index < -0.39 is 17.5 Å². The van der Waals surface area contributed by atoms with Gasteiger partial charge in [0, 0.05) is 12.6 Å². The van der Waals surface area contributed by atoms with Crippen molar-refractivity contribution in [3.05, 3.63) is 35.4 Å². The minimum absolute atomic E-state index is 0. The monoisotopic (exact) mass is 250 g/mol. The number of nitrogens with two attached hydrogens (primary N) is 1. The predicted molar refractivity (Wildman–Crippen MR) is 59.6 cm³/mol. The highest BCUT2D eigenvalue weighted by Crippen LogP contribution is 2.11. The molecule has 0 spiro atoms. The number of hydrogen-bond acceptors (Lipinski definition) is 2. The van der Waals surface area contributed by atoms with Crippen LogP contribution in [0.15, 0.2) is 18.2 Å². The Kier molecular flexibility index (Phi) is 5.92. The Hall–Kier alpha value is -1.20. The molecule has 0 fully saturated rings. The van der Waals surface area contributed by atoms with Crippen molar-refractivity contribution in [2.24, 2.45) is 5.73 Å². The summed E-state index contributed by atoms with van der Waals surface area (Å²) in [5, 5.41) is 2.44. The molecule has 0 saturated carbocycles. The number of benzene rings is 1. The van der Waals surface area contributed by atoms with Crippen LogP contribution in [-0.4, -0.2) is 18.5 Å². The summed E-state index contributed by atoms with van der Waals surface area (Å²) in [6.07, 6.45) is 0. The van der Waals surface area contributed by atoms with Crippen LogP contribution in [0.4, 0.5) is 8.78 Å². The van der Waals surface area contributed by atoms with E-state index in [1.807, 2.05) is 0 Å². The van der Waals surface area contributed by atoms with Crippen LogP contribution in [-0.2, 0) is 0 Å². The molecule has 1 rings (SSSR count). The van der Waals surface area contributed by atoms with Gasteiger partial charge in [0.1, 0.15) is 0 Å². The zero-order chi connectivity index (χ0) is 11.4. The van der Waals surface area contributed by atoms with E-state index in [0.29, 0.717) is 0 Å². The highest BCUT2D eigenvalue weighted by Gasteiger charge is 2.15. The molecule has 1 amide bonds. The Labute approximate surface area is 98.4 Å². The first kappa shape index (κ1) is 14.8. The number of hydrogen-bond donors (Lipinski definition) is 2. The van der Waals surface area contributed by atoms with E-state index in [1.165, 1.54) is 12.1 Å². The van der Waals surface area contributed by atoms with E-state index in [9.17, 15) is 13.6 Å². The van der Waals surface area contributed by atoms with Gasteiger partial charge in [-0.3, -0.25) is 4.79 Å². The van der Waals surface area contributed by atoms with Gasteiger partial charge in [-0.15, -0.1) is 12.4 Å². The Morgan fingerprint density at radius 2 is 2.12 bits per heavy atom. The maximum Gasteiger partial charge on any atom is 0.254 e. The van der Waals surface area contributed by atoms with Crippen LogP contribution in [0.5, 0.6) is 0 Å². The first-order valence-electron chi connectivity index (χ1n) is 4.51. The summed E-state index contributed by atoms with van der Waals surface area (Å²) < 4.78 is 25.9. The SMILES string of the molecule is C[C@@H](CN)NC(=O)c1cccc(F)c1F.Cl. The van der Waals surface area contributed by atoms with E-state index in [2.05, 4.69) is 5.32 Å². The molecule has 0 aliphatic heterocycles. The molecule has 0 radical (unpaired) electrons. The third-order valence-corrected chi connectivity index (χ3v) is 1.93. The van der Waals surface area contributed by atoms with E-state index in [4.69, 9.17) is 5.73 Å². The molecular formula is C10H13ClF2N2O. The summed E-state index contributed by atoms with van der Waals surface area (Å²) in [5.74, 6) is -2.84. The molecule has 0 unspecified atom stereocenters. The molecule has 3 nitrogen and oxygen atoms in total. The average Bonchev–Trinajstić information content (AvgIpc) is 2.21. The van der Waals surface area contributed by atoms with Crippen molar-refractivity contribution in [3.8, 4) is 0 Å². The number of nitrogens with one attached hydrogen (secondary N) is 1. The second kappa shape index (κ2) is 6.40. The molecule has 0 aliphatic carbocycles. The second-order valence-corrected chi connectivity index (χ2v) is 3.21. The van der Waals surface area contributed by atoms with Crippen LogP contribution in [0, 0.1) is 11.6 Å². The van der Waals surface area contributed by atoms with Crippen molar-refractivity contribution < 1.29 is 13.6 Å². The molecule has 16 heavy (non-hydrogen) atoms. The van der Waals surface area contributed by atoms with Gasteiger partial charge < -0.3 is 11.1 Å². The van der Waals surface area contributed by atoms with Gasteiger partial charge in [0.05, 0.1) is 5.56 Å². The van der Waals surface area contributed by atoms with Crippen molar-refractivity contribution in [3.63, 3.8) is 0 Å². The van der Waals surface area contributed by atoms with E-state index in [-0.39, 0.29) is 30.6 Å². The highest BCUT2D eigenvalue weighted by atomic mass is 35.5. The van der Waals surface area contributed by atoms with Crippen LogP contribution in [0.25, 0.3) is 0 Å². The molecule has 0 bridgehead atoms. The molecule has 3 N–H and O–H groups in total. The maximum absolute atomic E-state index is 13.1. The number of carbonyl (C=O) groups is 1. The van der Waals surface area contributed by atoms with Gasteiger partial charge in [-0.1, -0.05) is 6.07 Å². The highest BCUT2D eigenvalue weighted by molar-refractivity contribution is 5.94. The van der Waals surface area contributed by atoms with Gasteiger partial charge in [0.15, 0.2) is 11.6 Å². The largest absolute Gasteiger partial charge is 0.348 e. The lowest BCUT2D eigenvalue weighted by Crippen LogP contribution is -2.38. The Morgan fingerprint density at radius 3 is 2.69 bits per heavy atom. The normalized spacial score (nSPS) is 11.5. The third kappa shape index (κ3) is 3.43. The fraction of sp³-hybridized carbons (Fsp3) is 0.300. The zero-order valence-electron chi connectivity index (χ0n) is 8.67. The predicted octanol–water partition coefficient (Wildman–Crippen LogP) is 1.46.